The van der Waals surface area contributed by atoms with E-state index in [1.165, 1.54) is 5.56 Å². The van der Waals surface area contributed by atoms with Crippen molar-refractivity contribution < 1.29 is 4.74 Å². The van der Waals surface area contributed by atoms with Crippen LogP contribution in [-0.4, -0.2) is 12.3 Å². The second-order valence-corrected chi connectivity index (χ2v) is 5.51. The SMILES string of the molecule is Clc1ccc(C2NN=C3c4ccccc4OCC32)cc1. The molecule has 2 aliphatic rings. The molecule has 2 heterocycles. The second-order valence-electron chi connectivity index (χ2n) is 5.07. The average molecular weight is 285 g/mol. The third-order valence-electron chi connectivity index (χ3n) is 3.89. The van der Waals surface area contributed by atoms with E-state index >= 15 is 0 Å². The number of nitrogens with zero attached hydrogens (tertiary/aromatic N) is 1. The van der Waals surface area contributed by atoms with Gasteiger partial charge in [0.1, 0.15) is 5.75 Å². The molecule has 4 heteroatoms. The predicted octanol–water partition coefficient (Wildman–Crippen LogP) is 3.40. The topological polar surface area (TPSA) is 33.6 Å². The highest BCUT2D eigenvalue weighted by molar-refractivity contribution is 6.30. The Labute approximate surface area is 122 Å². The predicted molar refractivity (Wildman–Crippen MR) is 79.3 cm³/mol. The molecule has 0 aromatic heterocycles. The van der Waals surface area contributed by atoms with E-state index in [9.17, 15) is 0 Å². The van der Waals surface area contributed by atoms with Crippen molar-refractivity contribution in [1.29, 1.82) is 0 Å². The van der Waals surface area contributed by atoms with Gasteiger partial charge in [-0.15, -0.1) is 0 Å². The molecule has 2 atom stereocenters. The first kappa shape index (κ1) is 11.8. The highest BCUT2D eigenvalue weighted by Crippen LogP contribution is 2.37. The minimum absolute atomic E-state index is 0.149. The molecule has 4 rings (SSSR count). The van der Waals surface area contributed by atoms with Gasteiger partial charge in [-0.1, -0.05) is 35.9 Å². The van der Waals surface area contributed by atoms with Crippen LogP contribution < -0.4 is 10.2 Å². The maximum atomic E-state index is 5.95. The van der Waals surface area contributed by atoms with Gasteiger partial charge in [-0.25, -0.2) is 0 Å². The van der Waals surface area contributed by atoms with Gasteiger partial charge in [0.05, 0.1) is 24.3 Å². The summed E-state index contributed by atoms with van der Waals surface area (Å²) in [5.41, 5.74) is 6.60. The zero-order chi connectivity index (χ0) is 13.5. The highest BCUT2D eigenvalue weighted by Gasteiger charge is 2.38. The Morgan fingerprint density at radius 3 is 2.75 bits per heavy atom. The number of nitrogens with one attached hydrogen (secondary N) is 1. The zero-order valence-electron chi connectivity index (χ0n) is 10.7. The van der Waals surface area contributed by atoms with Crippen molar-refractivity contribution in [1.82, 2.24) is 5.43 Å². The molecule has 0 saturated heterocycles. The van der Waals surface area contributed by atoms with Gasteiger partial charge in [0.25, 0.3) is 0 Å². The fourth-order valence-electron chi connectivity index (χ4n) is 2.87. The molecule has 20 heavy (non-hydrogen) atoms. The molecule has 0 fully saturated rings. The van der Waals surface area contributed by atoms with Gasteiger partial charge in [-0.05, 0) is 29.8 Å². The van der Waals surface area contributed by atoms with Crippen molar-refractivity contribution in [2.45, 2.75) is 6.04 Å². The van der Waals surface area contributed by atoms with Crippen LogP contribution in [0.15, 0.2) is 53.6 Å². The third-order valence-corrected chi connectivity index (χ3v) is 4.14. The number of rotatable bonds is 1. The van der Waals surface area contributed by atoms with Crippen LogP contribution in [-0.2, 0) is 0 Å². The summed E-state index contributed by atoms with van der Waals surface area (Å²) in [6.07, 6.45) is 0. The minimum atomic E-state index is 0.149. The van der Waals surface area contributed by atoms with Crippen LogP contribution in [0.25, 0.3) is 0 Å². The van der Waals surface area contributed by atoms with Gasteiger partial charge < -0.3 is 10.2 Å². The van der Waals surface area contributed by atoms with Crippen molar-refractivity contribution in [3.63, 3.8) is 0 Å². The summed E-state index contributed by atoms with van der Waals surface area (Å²) in [6.45, 7) is 0.649. The molecule has 0 saturated carbocycles. The number of hydrazone groups is 1. The molecule has 0 spiro atoms. The van der Waals surface area contributed by atoms with Crippen molar-refractivity contribution in [3.05, 3.63) is 64.7 Å². The maximum absolute atomic E-state index is 5.95. The van der Waals surface area contributed by atoms with Crippen LogP contribution in [0.5, 0.6) is 5.75 Å². The summed E-state index contributed by atoms with van der Waals surface area (Å²) >= 11 is 5.95. The Balaban J connectivity index is 1.69. The number of benzene rings is 2. The molecular weight excluding hydrogens is 272 g/mol. The van der Waals surface area contributed by atoms with Gasteiger partial charge >= 0.3 is 0 Å². The Hall–Kier alpha value is -2.00. The van der Waals surface area contributed by atoms with E-state index in [0.717, 1.165) is 22.0 Å². The summed E-state index contributed by atoms with van der Waals surface area (Å²) in [4.78, 5) is 0. The number of halogens is 1. The van der Waals surface area contributed by atoms with E-state index < -0.39 is 0 Å². The lowest BCUT2D eigenvalue weighted by Crippen LogP contribution is -2.31. The Morgan fingerprint density at radius 1 is 1.10 bits per heavy atom. The summed E-state index contributed by atoms with van der Waals surface area (Å²) in [5, 5.41) is 5.28. The largest absolute Gasteiger partial charge is 0.492 e. The number of ether oxygens (including phenoxy) is 1. The number of hydrogen-bond donors (Lipinski definition) is 1. The van der Waals surface area contributed by atoms with Crippen LogP contribution in [0.4, 0.5) is 0 Å². The molecule has 2 unspecified atom stereocenters. The average Bonchev–Trinajstić information content (AvgIpc) is 2.92. The molecule has 100 valence electrons. The molecule has 0 amide bonds. The fourth-order valence-corrected chi connectivity index (χ4v) is 2.99. The quantitative estimate of drug-likeness (QED) is 0.871. The minimum Gasteiger partial charge on any atom is -0.492 e. The van der Waals surface area contributed by atoms with E-state index in [-0.39, 0.29) is 12.0 Å². The van der Waals surface area contributed by atoms with Crippen molar-refractivity contribution in [3.8, 4) is 5.75 Å². The maximum Gasteiger partial charge on any atom is 0.128 e. The Morgan fingerprint density at radius 2 is 1.90 bits per heavy atom. The van der Waals surface area contributed by atoms with Crippen molar-refractivity contribution >= 4 is 17.3 Å². The summed E-state index contributed by atoms with van der Waals surface area (Å²) < 4.78 is 5.87. The van der Waals surface area contributed by atoms with Gasteiger partial charge in [0.2, 0.25) is 0 Å². The lowest BCUT2D eigenvalue weighted by molar-refractivity contribution is 0.254. The highest BCUT2D eigenvalue weighted by atomic mass is 35.5. The number of para-hydroxylation sites is 1. The van der Waals surface area contributed by atoms with Crippen LogP contribution in [0, 0.1) is 5.92 Å². The first-order valence-electron chi connectivity index (χ1n) is 6.64. The molecule has 2 aliphatic heterocycles. The van der Waals surface area contributed by atoms with Gasteiger partial charge in [0, 0.05) is 10.6 Å². The molecular formula is C16H13ClN2O. The third kappa shape index (κ3) is 1.78. The molecule has 2 aromatic rings. The zero-order valence-corrected chi connectivity index (χ0v) is 11.5. The Kier molecular flexibility index (Phi) is 2.67. The summed E-state index contributed by atoms with van der Waals surface area (Å²) in [6, 6.07) is 16.1. The molecule has 3 nitrogen and oxygen atoms in total. The number of hydrogen-bond acceptors (Lipinski definition) is 3. The van der Waals surface area contributed by atoms with E-state index in [2.05, 4.69) is 16.6 Å². The summed E-state index contributed by atoms with van der Waals surface area (Å²) in [7, 11) is 0. The summed E-state index contributed by atoms with van der Waals surface area (Å²) in [5.74, 6) is 1.16. The fraction of sp³-hybridized carbons (Fsp3) is 0.188. The van der Waals surface area contributed by atoms with Crippen LogP contribution in [0.1, 0.15) is 17.2 Å². The van der Waals surface area contributed by atoms with Gasteiger partial charge in [-0.3, -0.25) is 0 Å². The molecule has 0 bridgehead atoms. The normalized spacial score (nSPS) is 23.1. The van der Waals surface area contributed by atoms with E-state index in [4.69, 9.17) is 16.3 Å². The smallest absolute Gasteiger partial charge is 0.128 e. The first-order chi connectivity index (χ1) is 9.83. The van der Waals surface area contributed by atoms with E-state index in [1.54, 1.807) is 0 Å². The van der Waals surface area contributed by atoms with Crippen LogP contribution in [0.2, 0.25) is 5.02 Å². The van der Waals surface area contributed by atoms with Crippen LogP contribution in [0.3, 0.4) is 0 Å². The van der Waals surface area contributed by atoms with Gasteiger partial charge in [-0.2, -0.15) is 5.10 Å². The molecule has 0 aliphatic carbocycles. The molecule has 1 N–H and O–H groups in total. The van der Waals surface area contributed by atoms with E-state index in [0.29, 0.717) is 6.61 Å². The monoisotopic (exact) mass is 284 g/mol. The lowest BCUT2D eigenvalue weighted by atomic mass is 9.86. The second kappa shape index (κ2) is 4.53. The molecule has 0 radical (unpaired) electrons. The van der Waals surface area contributed by atoms with Crippen LogP contribution >= 0.6 is 11.6 Å². The molecule has 2 aromatic carbocycles. The van der Waals surface area contributed by atoms with Crippen molar-refractivity contribution in [2.75, 3.05) is 6.61 Å². The number of fused-ring (bicyclic) bond motifs is 3. The lowest BCUT2D eigenvalue weighted by Gasteiger charge is -2.26. The van der Waals surface area contributed by atoms with Crippen molar-refractivity contribution in [2.24, 2.45) is 11.0 Å². The first-order valence-corrected chi connectivity index (χ1v) is 7.01. The van der Waals surface area contributed by atoms with E-state index in [1.807, 2.05) is 42.5 Å². The standard InChI is InChI=1S/C16H13ClN2O/c17-11-7-5-10(6-8-11)15-13-9-20-14-4-2-1-3-12(14)16(13)19-18-15/h1-8,13,15,18H,9H2. The van der Waals surface area contributed by atoms with Gasteiger partial charge in [0.15, 0.2) is 0 Å². The Bertz CT molecular complexity index is 681.